The van der Waals surface area contributed by atoms with E-state index in [1.807, 2.05) is 48.1 Å². The molecule has 152 valence electrons. The maximum atomic E-state index is 14.7. The Labute approximate surface area is 176 Å². The molecule has 0 saturated heterocycles. The summed E-state index contributed by atoms with van der Waals surface area (Å²) >= 11 is 0. The third-order valence-corrected chi connectivity index (χ3v) is 5.35. The summed E-state index contributed by atoms with van der Waals surface area (Å²) in [4.78, 5) is 7.88. The lowest BCUT2D eigenvalue weighted by Crippen LogP contribution is -2.04. The highest BCUT2D eigenvalue weighted by molar-refractivity contribution is 5.96. The van der Waals surface area contributed by atoms with Crippen molar-refractivity contribution in [2.24, 2.45) is 0 Å². The second-order valence-corrected chi connectivity index (χ2v) is 7.26. The molecule has 2 aromatic carbocycles. The maximum Gasteiger partial charge on any atom is 0.156 e. The predicted molar refractivity (Wildman–Crippen MR) is 115 cm³/mol. The Morgan fingerprint density at radius 1 is 1.10 bits per heavy atom. The molecule has 7 heteroatoms. The van der Waals surface area contributed by atoms with Crippen LogP contribution in [0.3, 0.4) is 0 Å². The van der Waals surface area contributed by atoms with E-state index in [2.05, 4.69) is 21.4 Å². The van der Waals surface area contributed by atoms with Crippen LogP contribution in [0.2, 0.25) is 0 Å². The Kier molecular flexibility index (Phi) is 4.50. The molecule has 0 aliphatic heterocycles. The molecule has 5 nitrogen and oxygen atoms in total. The van der Waals surface area contributed by atoms with Crippen LogP contribution in [0.25, 0.3) is 38.9 Å². The fourth-order valence-corrected chi connectivity index (χ4v) is 3.98. The lowest BCUT2D eigenvalue weighted by molar-refractivity contribution is 0.585. The summed E-state index contributed by atoms with van der Waals surface area (Å²) in [6, 6.07) is 15.2. The fraction of sp³-hybridized carbons (Fsp3) is 0.0833. The molecule has 0 amide bonds. The van der Waals surface area contributed by atoms with E-state index in [9.17, 15) is 14.0 Å². The number of hydrogen-bond donors (Lipinski definition) is 2. The van der Waals surface area contributed by atoms with Gasteiger partial charge < -0.3 is 10.3 Å². The number of rotatable bonds is 4. The predicted octanol–water partition coefficient (Wildman–Crippen LogP) is 5.02. The number of nitriles is 1. The monoisotopic (exact) mass is 413 g/mol. The number of nitrogens with zero attached hydrogens (tertiary/aromatic N) is 3. The van der Waals surface area contributed by atoms with Crippen molar-refractivity contribution in [2.45, 2.75) is 6.54 Å². The first-order chi connectivity index (χ1) is 15.1. The van der Waals surface area contributed by atoms with Gasteiger partial charge in [0.15, 0.2) is 5.65 Å². The lowest BCUT2D eigenvalue weighted by atomic mass is 9.98. The normalized spacial score (nSPS) is 11.3. The van der Waals surface area contributed by atoms with E-state index in [4.69, 9.17) is 0 Å². The van der Waals surface area contributed by atoms with E-state index in [0.717, 1.165) is 33.9 Å². The summed E-state index contributed by atoms with van der Waals surface area (Å²) in [7, 11) is 1.81. The standard InChI is InChI=1S/C24H17F2N5/c1-28-11-15-13-31-23(20-12-29-22-5-3-2-4-17(20)22)9-18(19(10-27)24(31)30-15)16-7-6-14(25)8-21(16)26/h2-9,12-13,28-29H,11H2,1H3. The van der Waals surface area contributed by atoms with Crippen molar-refractivity contribution >= 4 is 16.6 Å². The quantitative estimate of drug-likeness (QED) is 0.435. The van der Waals surface area contributed by atoms with Gasteiger partial charge in [-0.05, 0) is 31.3 Å². The Morgan fingerprint density at radius 2 is 1.94 bits per heavy atom. The Hall–Kier alpha value is -4.02. The average molecular weight is 413 g/mol. The Bertz CT molecular complexity index is 1490. The number of aromatic amines is 1. The minimum absolute atomic E-state index is 0.153. The minimum Gasteiger partial charge on any atom is -0.360 e. The number of aromatic nitrogens is 3. The van der Waals surface area contributed by atoms with E-state index in [0.29, 0.717) is 17.8 Å². The molecule has 0 radical (unpaired) electrons. The first-order valence-electron chi connectivity index (χ1n) is 9.72. The number of halogens is 2. The summed E-state index contributed by atoms with van der Waals surface area (Å²) in [5.41, 5.74) is 4.53. The Balaban J connectivity index is 1.89. The molecule has 5 aromatic rings. The number of pyridine rings is 1. The highest BCUT2D eigenvalue weighted by atomic mass is 19.1. The van der Waals surface area contributed by atoms with Gasteiger partial charge in [-0.15, -0.1) is 0 Å². The van der Waals surface area contributed by atoms with Crippen LogP contribution in [0.4, 0.5) is 8.78 Å². The van der Waals surface area contributed by atoms with E-state index in [-0.39, 0.29) is 11.1 Å². The van der Waals surface area contributed by atoms with E-state index in [1.165, 1.54) is 12.1 Å². The van der Waals surface area contributed by atoms with Crippen molar-refractivity contribution < 1.29 is 8.78 Å². The number of imidazole rings is 1. The van der Waals surface area contributed by atoms with Crippen molar-refractivity contribution in [3.63, 3.8) is 0 Å². The summed E-state index contributed by atoms with van der Waals surface area (Å²) in [6.07, 6.45) is 3.75. The third kappa shape index (κ3) is 3.05. The van der Waals surface area contributed by atoms with Crippen LogP contribution < -0.4 is 5.32 Å². The van der Waals surface area contributed by atoms with Crippen molar-refractivity contribution in [3.05, 3.63) is 83.8 Å². The smallest absolute Gasteiger partial charge is 0.156 e. The van der Waals surface area contributed by atoms with Gasteiger partial charge in [0.25, 0.3) is 0 Å². The number of nitrogens with one attached hydrogen (secondary N) is 2. The van der Waals surface area contributed by atoms with Crippen molar-refractivity contribution in [3.8, 4) is 28.5 Å². The van der Waals surface area contributed by atoms with Gasteiger partial charge >= 0.3 is 0 Å². The van der Waals surface area contributed by atoms with Gasteiger partial charge in [0, 0.05) is 52.6 Å². The SMILES string of the molecule is CNCc1cn2c(-c3c[nH]c4ccccc34)cc(-c3ccc(F)cc3F)c(C#N)c2n1. The van der Waals surface area contributed by atoms with Crippen LogP contribution >= 0.6 is 0 Å². The van der Waals surface area contributed by atoms with Crippen LogP contribution in [0, 0.1) is 23.0 Å². The molecule has 31 heavy (non-hydrogen) atoms. The highest BCUT2D eigenvalue weighted by Crippen LogP contribution is 2.36. The van der Waals surface area contributed by atoms with Crippen LogP contribution in [0.15, 0.2) is 60.9 Å². The second-order valence-electron chi connectivity index (χ2n) is 7.26. The van der Waals surface area contributed by atoms with Crippen molar-refractivity contribution in [1.29, 1.82) is 5.26 Å². The average Bonchev–Trinajstić information content (AvgIpc) is 3.37. The summed E-state index contributed by atoms with van der Waals surface area (Å²) < 4.78 is 30.1. The molecule has 3 aromatic heterocycles. The number of para-hydroxylation sites is 1. The lowest BCUT2D eigenvalue weighted by Gasteiger charge is -2.12. The van der Waals surface area contributed by atoms with Crippen LogP contribution in [0.1, 0.15) is 11.3 Å². The zero-order valence-electron chi connectivity index (χ0n) is 16.6. The van der Waals surface area contributed by atoms with Gasteiger partial charge in [0.2, 0.25) is 0 Å². The van der Waals surface area contributed by atoms with Gasteiger partial charge in [-0.2, -0.15) is 5.26 Å². The minimum atomic E-state index is -0.729. The molecule has 0 saturated carbocycles. The first kappa shape index (κ1) is 19.0. The molecule has 0 atom stereocenters. The molecule has 3 heterocycles. The number of hydrogen-bond acceptors (Lipinski definition) is 3. The molecule has 0 bridgehead atoms. The van der Waals surface area contributed by atoms with Gasteiger partial charge in [0.05, 0.1) is 11.4 Å². The molecule has 0 spiro atoms. The summed E-state index contributed by atoms with van der Waals surface area (Å²) in [5, 5.41) is 14.0. The van der Waals surface area contributed by atoms with E-state index in [1.54, 1.807) is 6.07 Å². The summed E-state index contributed by atoms with van der Waals surface area (Å²) in [6.45, 7) is 0.514. The second kappa shape index (κ2) is 7.35. The molecule has 5 rings (SSSR count). The largest absolute Gasteiger partial charge is 0.360 e. The van der Waals surface area contributed by atoms with Crippen molar-refractivity contribution in [2.75, 3.05) is 7.05 Å². The molecular formula is C24H17F2N5. The fourth-order valence-electron chi connectivity index (χ4n) is 3.98. The van der Waals surface area contributed by atoms with E-state index >= 15 is 0 Å². The maximum absolute atomic E-state index is 14.7. The van der Waals surface area contributed by atoms with Crippen LogP contribution in [-0.2, 0) is 6.54 Å². The number of H-pyrrole nitrogens is 1. The highest BCUT2D eigenvalue weighted by Gasteiger charge is 2.21. The van der Waals surface area contributed by atoms with Gasteiger partial charge in [-0.3, -0.25) is 4.40 Å². The van der Waals surface area contributed by atoms with Gasteiger partial charge in [0.1, 0.15) is 23.3 Å². The van der Waals surface area contributed by atoms with Crippen molar-refractivity contribution in [1.82, 2.24) is 19.7 Å². The molecule has 0 unspecified atom stereocenters. The molecule has 0 aliphatic carbocycles. The zero-order chi connectivity index (χ0) is 21.5. The third-order valence-electron chi connectivity index (χ3n) is 5.35. The van der Waals surface area contributed by atoms with Crippen LogP contribution in [0.5, 0.6) is 0 Å². The molecule has 0 fully saturated rings. The number of benzene rings is 2. The molecular weight excluding hydrogens is 396 g/mol. The van der Waals surface area contributed by atoms with E-state index < -0.39 is 11.6 Å². The van der Waals surface area contributed by atoms with Crippen LogP contribution in [-0.4, -0.2) is 21.4 Å². The Morgan fingerprint density at radius 3 is 2.71 bits per heavy atom. The van der Waals surface area contributed by atoms with Gasteiger partial charge in [-0.1, -0.05) is 18.2 Å². The molecule has 0 aliphatic rings. The number of fused-ring (bicyclic) bond motifs is 2. The molecule has 2 N–H and O–H groups in total. The zero-order valence-corrected chi connectivity index (χ0v) is 16.6. The first-order valence-corrected chi connectivity index (χ1v) is 9.72. The topological polar surface area (TPSA) is 68.9 Å². The summed E-state index contributed by atoms with van der Waals surface area (Å²) in [5.74, 6) is -1.40. The van der Waals surface area contributed by atoms with Gasteiger partial charge in [-0.25, -0.2) is 13.8 Å².